The normalized spacial score (nSPS) is 33.0. The van der Waals surface area contributed by atoms with E-state index < -0.39 is 0 Å². The lowest BCUT2D eigenvalue weighted by Gasteiger charge is -2.56. The summed E-state index contributed by atoms with van der Waals surface area (Å²) in [6.07, 6.45) is 8.17. The summed E-state index contributed by atoms with van der Waals surface area (Å²) in [5.41, 5.74) is 1.32. The minimum absolute atomic E-state index is 0.000343. The molecule has 4 aliphatic carbocycles. The molecule has 0 spiro atoms. The number of hydrogen-bond acceptors (Lipinski definition) is 5. The van der Waals surface area contributed by atoms with Crippen LogP contribution < -0.4 is 10.2 Å². The van der Waals surface area contributed by atoms with Crippen molar-refractivity contribution in [3.8, 4) is 0 Å². The summed E-state index contributed by atoms with van der Waals surface area (Å²) in [6.45, 7) is 2.42. The molecule has 156 valence electrons. The minimum atomic E-state index is -0.362. The number of nitrogens with zero attached hydrogens (tertiary/aromatic N) is 2. The highest BCUT2D eigenvalue weighted by Gasteiger charge is 2.51. The van der Waals surface area contributed by atoms with Crippen LogP contribution in [-0.2, 0) is 9.53 Å². The maximum atomic E-state index is 12.9. The van der Waals surface area contributed by atoms with Crippen LogP contribution in [0.2, 0.25) is 0 Å². The maximum absolute atomic E-state index is 12.9. The number of carbonyl (C=O) groups excluding carboxylic acids is 1. The number of nitrogens with one attached hydrogen (secondary N) is 1. The smallest absolute Gasteiger partial charge is 0.294 e. The fourth-order valence-electron chi connectivity index (χ4n) is 6.87. The summed E-state index contributed by atoms with van der Waals surface area (Å²) in [5, 5.41) is 14.6. The van der Waals surface area contributed by atoms with Gasteiger partial charge in [0.15, 0.2) is 0 Å². The largest absolute Gasteiger partial charge is 0.378 e. The second-order valence-electron chi connectivity index (χ2n) is 9.70. The maximum Gasteiger partial charge on any atom is 0.294 e. The first-order valence-electron chi connectivity index (χ1n) is 10.9. The van der Waals surface area contributed by atoms with E-state index in [2.05, 4.69) is 5.32 Å². The molecule has 7 nitrogen and oxygen atoms in total. The Morgan fingerprint density at radius 3 is 2.34 bits per heavy atom. The first kappa shape index (κ1) is 18.9. The Bertz CT molecular complexity index is 783. The van der Waals surface area contributed by atoms with E-state index in [1.165, 1.54) is 44.6 Å². The highest BCUT2D eigenvalue weighted by molar-refractivity contribution is 5.92. The second kappa shape index (κ2) is 7.27. The van der Waals surface area contributed by atoms with E-state index in [1.807, 2.05) is 4.90 Å². The van der Waals surface area contributed by atoms with Crippen molar-refractivity contribution in [2.75, 3.05) is 36.5 Å². The molecule has 1 N–H and O–H groups in total. The van der Waals surface area contributed by atoms with Crippen molar-refractivity contribution in [3.63, 3.8) is 0 Å². The van der Waals surface area contributed by atoms with Crippen molar-refractivity contribution in [2.45, 2.75) is 44.9 Å². The molecule has 1 amide bonds. The van der Waals surface area contributed by atoms with Gasteiger partial charge in [-0.1, -0.05) is 0 Å². The third-order valence-electron chi connectivity index (χ3n) is 7.51. The molecule has 0 radical (unpaired) electrons. The molecule has 1 aliphatic heterocycles. The molecule has 1 heterocycles. The van der Waals surface area contributed by atoms with Crippen LogP contribution in [0.3, 0.4) is 0 Å². The van der Waals surface area contributed by atoms with Crippen LogP contribution in [0.1, 0.15) is 44.9 Å². The number of carbonyl (C=O) groups is 1. The van der Waals surface area contributed by atoms with Crippen molar-refractivity contribution < 1.29 is 14.5 Å². The molecule has 1 saturated heterocycles. The Kier molecular flexibility index (Phi) is 4.73. The molecule has 4 bridgehead atoms. The summed E-state index contributed by atoms with van der Waals surface area (Å²) < 4.78 is 5.34. The van der Waals surface area contributed by atoms with Gasteiger partial charge in [0, 0.05) is 31.3 Å². The third-order valence-corrected chi connectivity index (χ3v) is 7.51. The molecule has 6 rings (SSSR count). The van der Waals surface area contributed by atoms with Crippen LogP contribution in [-0.4, -0.2) is 37.1 Å². The number of ether oxygens (including phenoxy) is 1. The van der Waals surface area contributed by atoms with Crippen LogP contribution in [0, 0.1) is 33.3 Å². The average Bonchev–Trinajstić information content (AvgIpc) is 2.67. The van der Waals surface area contributed by atoms with Gasteiger partial charge in [-0.25, -0.2) is 0 Å². The first-order chi connectivity index (χ1) is 14.0. The van der Waals surface area contributed by atoms with Gasteiger partial charge in [0.25, 0.3) is 5.69 Å². The Morgan fingerprint density at radius 2 is 1.76 bits per heavy atom. The zero-order valence-electron chi connectivity index (χ0n) is 16.8. The number of rotatable bonds is 5. The number of anilines is 2. The number of nitro groups is 1. The predicted octanol–water partition coefficient (Wildman–Crippen LogP) is 3.98. The van der Waals surface area contributed by atoms with Gasteiger partial charge in [-0.2, -0.15) is 0 Å². The van der Waals surface area contributed by atoms with Gasteiger partial charge in [-0.15, -0.1) is 0 Å². The number of benzene rings is 1. The van der Waals surface area contributed by atoms with Gasteiger partial charge >= 0.3 is 0 Å². The van der Waals surface area contributed by atoms with E-state index in [-0.39, 0.29) is 21.9 Å². The highest BCUT2D eigenvalue weighted by Crippen LogP contribution is 2.61. The summed E-state index contributed by atoms with van der Waals surface area (Å²) >= 11 is 0. The molecule has 0 unspecified atom stereocenters. The molecule has 7 heteroatoms. The molecule has 0 atom stereocenters. The standard InChI is InChI=1S/C22H29N3O4/c26-21(14-22-11-15-7-16(12-22)9-17(8-15)13-22)23-18-1-2-19(20(10-18)25(27)28)24-3-5-29-6-4-24/h1-2,10,15-17H,3-9,11-14H2,(H,23,26). The van der Waals surface area contributed by atoms with Crippen molar-refractivity contribution in [3.05, 3.63) is 28.3 Å². The van der Waals surface area contributed by atoms with Crippen LogP contribution in [0.25, 0.3) is 0 Å². The van der Waals surface area contributed by atoms with E-state index in [0.29, 0.717) is 44.1 Å². The lowest BCUT2D eigenvalue weighted by atomic mass is 9.49. The average molecular weight is 399 g/mol. The van der Waals surface area contributed by atoms with Gasteiger partial charge in [0.05, 0.1) is 18.1 Å². The Labute approximate surface area is 170 Å². The molecular formula is C22H29N3O4. The van der Waals surface area contributed by atoms with Crippen LogP contribution in [0.15, 0.2) is 18.2 Å². The van der Waals surface area contributed by atoms with E-state index in [1.54, 1.807) is 12.1 Å². The Morgan fingerprint density at radius 1 is 1.14 bits per heavy atom. The second-order valence-corrected chi connectivity index (χ2v) is 9.70. The minimum Gasteiger partial charge on any atom is -0.378 e. The lowest BCUT2D eigenvalue weighted by molar-refractivity contribution is -0.384. The van der Waals surface area contributed by atoms with Gasteiger partial charge in [0.2, 0.25) is 5.91 Å². The van der Waals surface area contributed by atoms with Gasteiger partial charge in [-0.05, 0) is 73.8 Å². The topological polar surface area (TPSA) is 84.7 Å². The van der Waals surface area contributed by atoms with Crippen LogP contribution in [0.4, 0.5) is 17.1 Å². The van der Waals surface area contributed by atoms with Crippen LogP contribution in [0.5, 0.6) is 0 Å². The summed E-state index contributed by atoms with van der Waals surface area (Å²) in [7, 11) is 0. The first-order valence-corrected chi connectivity index (χ1v) is 10.9. The van der Waals surface area contributed by atoms with E-state index in [4.69, 9.17) is 4.74 Å². The van der Waals surface area contributed by atoms with Gasteiger partial charge < -0.3 is 15.0 Å². The quantitative estimate of drug-likeness (QED) is 0.598. The number of morpholine rings is 1. The van der Waals surface area contributed by atoms with Crippen molar-refractivity contribution in [1.29, 1.82) is 0 Å². The summed E-state index contributed by atoms with van der Waals surface area (Å²) in [4.78, 5) is 26.1. The SMILES string of the molecule is O=C(CC12CC3CC(CC(C3)C1)C2)Nc1ccc(N2CCOCC2)c([N+](=O)[O-])c1. The van der Waals surface area contributed by atoms with Gasteiger partial charge in [-0.3, -0.25) is 14.9 Å². The zero-order chi connectivity index (χ0) is 20.0. The molecular weight excluding hydrogens is 370 g/mol. The molecule has 1 aromatic carbocycles. The number of nitro benzene ring substituents is 1. The van der Waals surface area contributed by atoms with Crippen molar-refractivity contribution in [2.24, 2.45) is 23.2 Å². The Balaban J connectivity index is 1.29. The fourth-order valence-corrected chi connectivity index (χ4v) is 6.87. The van der Waals surface area contributed by atoms with Crippen LogP contribution >= 0.6 is 0 Å². The number of amides is 1. The van der Waals surface area contributed by atoms with Gasteiger partial charge in [0.1, 0.15) is 5.69 Å². The molecule has 29 heavy (non-hydrogen) atoms. The molecule has 4 saturated carbocycles. The van der Waals surface area contributed by atoms with Crippen molar-refractivity contribution >= 4 is 23.0 Å². The zero-order valence-corrected chi connectivity index (χ0v) is 16.8. The summed E-state index contributed by atoms with van der Waals surface area (Å²) in [6, 6.07) is 5.04. The monoisotopic (exact) mass is 399 g/mol. The molecule has 5 fully saturated rings. The lowest BCUT2D eigenvalue weighted by Crippen LogP contribution is -2.47. The molecule has 5 aliphatic rings. The number of hydrogen-bond donors (Lipinski definition) is 1. The fraction of sp³-hybridized carbons (Fsp3) is 0.682. The highest BCUT2D eigenvalue weighted by atomic mass is 16.6. The van der Waals surface area contributed by atoms with E-state index in [0.717, 1.165) is 17.8 Å². The van der Waals surface area contributed by atoms with E-state index in [9.17, 15) is 14.9 Å². The summed E-state index contributed by atoms with van der Waals surface area (Å²) in [5.74, 6) is 2.43. The molecule has 1 aromatic rings. The predicted molar refractivity (Wildman–Crippen MR) is 110 cm³/mol. The third kappa shape index (κ3) is 3.72. The molecule has 0 aromatic heterocycles. The van der Waals surface area contributed by atoms with Crippen molar-refractivity contribution in [1.82, 2.24) is 0 Å². The van der Waals surface area contributed by atoms with E-state index >= 15 is 0 Å². The Hall–Kier alpha value is -2.15.